The van der Waals surface area contributed by atoms with E-state index in [-0.39, 0.29) is 16.9 Å². The smallest absolute Gasteiger partial charge is 0.240 e. The van der Waals surface area contributed by atoms with E-state index in [9.17, 15) is 8.42 Å². The highest BCUT2D eigenvalue weighted by atomic mass is 32.2. The van der Waals surface area contributed by atoms with Gasteiger partial charge in [-0.15, -0.1) is 0 Å². The van der Waals surface area contributed by atoms with E-state index in [4.69, 9.17) is 9.84 Å². The van der Waals surface area contributed by atoms with E-state index in [1.165, 1.54) is 0 Å². The van der Waals surface area contributed by atoms with E-state index in [0.717, 1.165) is 19.3 Å². The number of benzene rings is 1. The van der Waals surface area contributed by atoms with E-state index < -0.39 is 10.0 Å². The van der Waals surface area contributed by atoms with Gasteiger partial charge in [0.15, 0.2) is 0 Å². The van der Waals surface area contributed by atoms with Crippen LogP contribution in [0.4, 0.5) is 0 Å². The molecule has 2 rings (SSSR count). The Kier molecular flexibility index (Phi) is 5.24. The van der Waals surface area contributed by atoms with E-state index in [0.29, 0.717) is 25.3 Å². The Labute approximate surface area is 126 Å². The van der Waals surface area contributed by atoms with Crippen LogP contribution in [0.15, 0.2) is 29.2 Å². The highest BCUT2D eigenvalue weighted by Gasteiger charge is 2.42. The molecule has 0 amide bonds. The summed E-state index contributed by atoms with van der Waals surface area (Å²) in [6.07, 6.45) is 3.51. The van der Waals surface area contributed by atoms with Crippen molar-refractivity contribution in [3.63, 3.8) is 0 Å². The van der Waals surface area contributed by atoms with Crippen LogP contribution in [-0.4, -0.2) is 33.3 Å². The maximum atomic E-state index is 12.2. The third-order valence-electron chi connectivity index (χ3n) is 3.84. The van der Waals surface area contributed by atoms with Crippen LogP contribution in [0, 0.1) is 5.41 Å². The normalized spacial score (nSPS) is 16.7. The molecule has 0 radical (unpaired) electrons. The number of ether oxygens (including phenoxy) is 1. The van der Waals surface area contributed by atoms with Crippen molar-refractivity contribution < 1.29 is 18.3 Å². The number of hydrogen-bond acceptors (Lipinski definition) is 4. The van der Waals surface area contributed by atoms with Gasteiger partial charge in [-0.25, -0.2) is 13.1 Å². The molecule has 118 valence electrons. The summed E-state index contributed by atoms with van der Waals surface area (Å²) in [5.41, 5.74) is -0.0357. The van der Waals surface area contributed by atoms with E-state index in [2.05, 4.69) is 4.72 Å². The molecule has 0 atom stereocenters. The van der Waals surface area contributed by atoms with Crippen molar-refractivity contribution in [1.29, 1.82) is 0 Å². The minimum absolute atomic E-state index is 0.0357. The second-order valence-corrected chi connectivity index (χ2v) is 7.38. The third-order valence-corrected chi connectivity index (χ3v) is 5.26. The van der Waals surface area contributed by atoms with Crippen LogP contribution >= 0.6 is 0 Å². The number of hydrogen-bond donors (Lipinski definition) is 2. The molecule has 0 aromatic heterocycles. The van der Waals surface area contributed by atoms with Crippen LogP contribution in [0.3, 0.4) is 0 Å². The lowest BCUT2D eigenvalue weighted by atomic mass is 10.0. The zero-order valence-corrected chi connectivity index (χ0v) is 13.2. The summed E-state index contributed by atoms with van der Waals surface area (Å²) < 4.78 is 32.5. The minimum Gasteiger partial charge on any atom is -0.494 e. The number of nitrogens with one attached hydrogen (secondary N) is 1. The van der Waals surface area contributed by atoms with E-state index in [1.54, 1.807) is 24.3 Å². The van der Waals surface area contributed by atoms with E-state index >= 15 is 0 Å². The fourth-order valence-electron chi connectivity index (χ4n) is 2.20. The van der Waals surface area contributed by atoms with Gasteiger partial charge >= 0.3 is 0 Å². The summed E-state index contributed by atoms with van der Waals surface area (Å²) in [6.45, 7) is 3.13. The summed E-state index contributed by atoms with van der Waals surface area (Å²) in [6, 6.07) is 6.45. The Balaban J connectivity index is 1.96. The second kappa shape index (κ2) is 6.77. The highest BCUT2D eigenvalue weighted by Crippen LogP contribution is 2.48. The topological polar surface area (TPSA) is 75.6 Å². The fourth-order valence-corrected chi connectivity index (χ4v) is 3.35. The molecule has 1 aromatic carbocycles. The molecule has 1 aliphatic carbocycles. The average molecular weight is 313 g/mol. The van der Waals surface area contributed by atoms with Gasteiger partial charge in [-0.05, 0) is 55.4 Å². The maximum Gasteiger partial charge on any atom is 0.240 e. The SMILES string of the molecule is CCCOc1ccc(S(=O)(=O)NCC2(CCO)CC2)cc1. The van der Waals surface area contributed by atoms with Crippen molar-refractivity contribution in [3.8, 4) is 5.75 Å². The quantitative estimate of drug-likeness (QED) is 0.730. The van der Waals surface area contributed by atoms with Gasteiger partial charge in [0.1, 0.15) is 5.75 Å². The van der Waals surface area contributed by atoms with E-state index in [1.807, 2.05) is 6.92 Å². The van der Waals surface area contributed by atoms with Crippen molar-refractivity contribution in [1.82, 2.24) is 4.72 Å². The number of rotatable bonds is 9. The Morgan fingerprint density at radius 2 is 1.95 bits per heavy atom. The van der Waals surface area contributed by atoms with Gasteiger partial charge in [0, 0.05) is 13.2 Å². The van der Waals surface area contributed by atoms with Crippen LogP contribution in [-0.2, 0) is 10.0 Å². The van der Waals surface area contributed by atoms with Crippen molar-refractivity contribution in [3.05, 3.63) is 24.3 Å². The van der Waals surface area contributed by atoms with Crippen LogP contribution in [0.25, 0.3) is 0 Å². The number of aliphatic hydroxyl groups excluding tert-OH is 1. The van der Waals surface area contributed by atoms with Crippen LogP contribution in [0.5, 0.6) is 5.75 Å². The van der Waals surface area contributed by atoms with Gasteiger partial charge < -0.3 is 9.84 Å². The molecule has 5 nitrogen and oxygen atoms in total. The molecule has 0 saturated heterocycles. The van der Waals surface area contributed by atoms with Crippen LogP contribution in [0.2, 0.25) is 0 Å². The molecule has 0 aliphatic heterocycles. The zero-order chi connectivity index (χ0) is 15.3. The molecule has 1 fully saturated rings. The van der Waals surface area contributed by atoms with Crippen LogP contribution < -0.4 is 9.46 Å². The molecular formula is C15H23NO4S. The minimum atomic E-state index is -3.50. The van der Waals surface area contributed by atoms with Crippen molar-refractivity contribution >= 4 is 10.0 Å². The largest absolute Gasteiger partial charge is 0.494 e. The first-order chi connectivity index (χ1) is 10.0. The standard InChI is InChI=1S/C15H23NO4S/c1-2-11-20-13-3-5-14(6-4-13)21(18,19)16-12-15(7-8-15)9-10-17/h3-6,16-17H,2,7-12H2,1H3. The molecular weight excluding hydrogens is 290 g/mol. The molecule has 2 N–H and O–H groups in total. The second-order valence-electron chi connectivity index (χ2n) is 5.62. The fraction of sp³-hybridized carbons (Fsp3) is 0.600. The summed E-state index contributed by atoms with van der Waals surface area (Å²) in [4.78, 5) is 0.242. The monoisotopic (exact) mass is 313 g/mol. The van der Waals surface area contributed by atoms with Gasteiger partial charge in [0.2, 0.25) is 10.0 Å². The summed E-state index contributed by atoms with van der Waals surface area (Å²) in [7, 11) is -3.50. The van der Waals surface area contributed by atoms with Gasteiger partial charge in [0.25, 0.3) is 0 Å². The Bertz CT molecular complexity index is 550. The lowest BCUT2D eigenvalue weighted by molar-refractivity contribution is 0.249. The van der Waals surface area contributed by atoms with Crippen LogP contribution in [0.1, 0.15) is 32.6 Å². The molecule has 21 heavy (non-hydrogen) atoms. The van der Waals surface area contributed by atoms with Crippen molar-refractivity contribution in [2.45, 2.75) is 37.5 Å². The average Bonchev–Trinajstić information content (AvgIpc) is 3.24. The summed E-state index contributed by atoms with van der Waals surface area (Å²) >= 11 is 0. The number of aliphatic hydroxyl groups is 1. The predicted molar refractivity (Wildman–Crippen MR) is 80.8 cm³/mol. The predicted octanol–water partition coefficient (Wildman–Crippen LogP) is 1.92. The van der Waals surface area contributed by atoms with Gasteiger partial charge in [-0.3, -0.25) is 0 Å². The lowest BCUT2D eigenvalue weighted by Crippen LogP contribution is -2.30. The molecule has 1 aliphatic rings. The first-order valence-electron chi connectivity index (χ1n) is 7.35. The Hall–Kier alpha value is -1.11. The van der Waals surface area contributed by atoms with Crippen molar-refractivity contribution in [2.75, 3.05) is 19.8 Å². The van der Waals surface area contributed by atoms with Gasteiger partial charge in [-0.1, -0.05) is 6.92 Å². The zero-order valence-electron chi connectivity index (χ0n) is 12.3. The summed E-state index contributed by atoms with van der Waals surface area (Å²) in [5, 5.41) is 9.00. The highest BCUT2D eigenvalue weighted by molar-refractivity contribution is 7.89. The summed E-state index contributed by atoms with van der Waals surface area (Å²) in [5.74, 6) is 0.676. The van der Waals surface area contributed by atoms with Gasteiger partial charge in [0.05, 0.1) is 11.5 Å². The number of sulfonamides is 1. The Morgan fingerprint density at radius 1 is 1.29 bits per heavy atom. The molecule has 1 saturated carbocycles. The first kappa shape index (κ1) is 16.3. The molecule has 6 heteroatoms. The molecule has 0 unspecified atom stereocenters. The molecule has 0 spiro atoms. The molecule has 0 heterocycles. The van der Waals surface area contributed by atoms with Gasteiger partial charge in [-0.2, -0.15) is 0 Å². The first-order valence-corrected chi connectivity index (χ1v) is 8.83. The molecule has 1 aromatic rings. The lowest BCUT2D eigenvalue weighted by Gasteiger charge is -2.15. The Morgan fingerprint density at radius 3 is 2.48 bits per heavy atom. The van der Waals surface area contributed by atoms with Crippen molar-refractivity contribution in [2.24, 2.45) is 5.41 Å². The maximum absolute atomic E-state index is 12.2. The third kappa shape index (κ3) is 4.43. The molecule has 0 bridgehead atoms.